The highest BCUT2D eigenvalue weighted by Crippen LogP contribution is 2.31. The van der Waals surface area contributed by atoms with E-state index in [1.807, 2.05) is 0 Å². The summed E-state index contributed by atoms with van der Waals surface area (Å²) in [5, 5.41) is 9.21. The van der Waals surface area contributed by atoms with Crippen molar-refractivity contribution >= 4 is 27.5 Å². The Labute approximate surface area is 93.0 Å². The monoisotopic (exact) mass is 285 g/mol. The van der Waals surface area contributed by atoms with Gasteiger partial charge in [0.25, 0.3) is 6.43 Å². The SMILES string of the molecule is OCc1ncc(Cl)c(CBr)c1C(F)F. The zero-order chi connectivity index (χ0) is 10.7. The van der Waals surface area contributed by atoms with Crippen molar-refractivity contribution < 1.29 is 13.9 Å². The van der Waals surface area contributed by atoms with Crippen LogP contribution in [0.1, 0.15) is 23.2 Å². The summed E-state index contributed by atoms with van der Waals surface area (Å²) in [5.41, 5.74) is -0.0311. The number of alkyl halides is 3. The molecule has 0 bridgehead atoms. The van der Waals surface area contributed by atoms with Gasteiger partial charge in [0.1, 0.15) is 0 Å². The summed E-state index contributed by atoms with van der Waals surface area (Å²) >= 11 is 8.76. The minimum Gasteiger partial charge on any atom is -0.390 e. The predicted octanol–water partition coefficient (Wildman–Crippen LogP) is 3.06. The molecule has 78 valence electrons. The van der Waals surface area contributed by atoms with Crippen LogP contribution in [0.15, 0.2) is 6.20 Å². The van der Waals surface area contributed by atoms with Crippen LogP contribution in [-0.4, -0.2) is 10.1 Å². The van der Waals surface area contributed by atoms with Crippen LogP contribution in [0.25, 0.3) is 0 Å². The molecule has 0 aliphatic carbocycles. The van der Waals surface area contributed by atoms with Gasteiger partial charge >= 0.3 is 0 Å². The van der Waals surface area contributed by atoms with Gasteiger partial charge in [-0.3, -0.25) is 4.98 Å². The third kappa shape index (κ3) is 2.21. The van der Waals surface area contributed by atoms with Gasteiger partial charge in [-0.1, -0.05) is 27.5 Å². The van der Waals surface area contributed by atoms with E-state index in [1.54, 1.807) is 0 Å². The molecule has 0 saturated carbocycles. The quantitative estimate of drug-likeness (QED) is 0.866. The van der Waals surface area contributed by atoms with Gasteiger partial charge in [0, 0.05) is 17.1 Å². The first kappa shape index (κ1) is 11.8. The molecule has 1 heterocycles. The first-order chi connectivity index (χ1) is 6.61. The highest BCUT2D eigenvalue weighted by atomic mass is 79.9. The fourth-order valence-corrected chi connectivity index (χ4v) is 2.09. The van der Waals surface area contributed by atoms with E-state index in [2.05, 4.69) is 20.9 Å². The number of hydrogen-bond acceptors (Lipinski definition) is 2. The lowest BCUT2D eigenvalue weighted by Gasteiger charge is -2.11. The second-order valence-corrected chi connectivity index (χ2v) is 3.51. The molecule has 0 amide bonds. The fraction of sp³-hybridized carbons (Fsp3) is 0.375. The van der Waals surface area contributed by atoms with Crippen molar-refractivity contribution in [2.45, 2.75) is 18.4 Å². The molecule has 0 spiro atoms. The highest BCUT2D eigenvalue weighted by Gasteiger charge is 2.20. The molecule has 0 unspecified atom stereocenters. The average Bonchev–Trinajstić information content (AvgIpc) is 2.17. The molecule has 0 saturated heterocycles. The van der Waals surface area contributed by atoms with E-state index in [9.17, 15) is 8.78 Å². The van der Waals surface area contributed by atoms with E-state index >= 15 is 0 Å². The molecule has 1 aromatic heterocycles. The Bertz CT molecular complexity index is 335. The molecule has 0 aromatic carbocycles. The first-order valence-corrected chi connectivity index (χ1v) is 5.22. The summed E-state index contributed by atoms with van der Waals surface area (Å²) in [6, 6.07) is 0. The van der Waals surface area contributed by atoms with Crippen molar-refractivity contribution in [3.63, 3.8) is 0 Å². The zero-order valence-corrected chi connectivity index (χ0v) is 9.32. The molecule has 0 aliphatic rings. The molecule has 14 heavy (non-hydrogen) atoms. The van der Waals surface area contributed by atoms with E-state index in [4.69, 9.17) is 16.7 Å². The van der Waals surface area contributed by atoms with Crippen LogP contribution in [0.2, 0.25) is 5.02 Å². The summed E-state index contributed by atoms with van der Waals surface area (Å²) < 4.78 is 25.2. The minimum absolute atomic E-state index is 0.0288. The van der Waals surface area contributed by atoms with Crippen LogP contribution >= 0.6 is 27.5 Å². The topological polar surface area (TPSA) is 33.1 Å². The van der Waals surface area contributed by atoms with Gasteiger partial charge in [0.2, 0.25) is 0 Å². The lowest BCUT2D eigenvalue weighted by Crippen LogP contribution is -2.03. The molecule has 0 atom stereocenters. The summed E-state index contributed by atoms with van der Waals surface area (Å²) in [5.74, 6) is 0. The largest absolute Gasteiger partial charge is 0.390 e. The van der Waals surface area contributed by atoms with Crippen molar-refractivity contribution in [2.24, 2.45) is 0 Å². The molecule has 2 nitrogen and oxygen atoms in total. The lowest BCUT2D eigenvalue weighted by molar-refractivity contribution is 0.145. The van der Waals surface area contributed by atoms with E-state index in [-0.39, 0.29) is 27.2 Å². The van der Waals surface area contributed by atoms with E-state index < -0.39 is 13.0 Å². The Morgan fingerprint density at radius 2 is 2.21 bits per heavy atom. The van der Waals surface area contributed by atoms with Gasteiger partial charge in [0.05, 0.1) is 17.3 Å². The Morgan fingerprint density at radius 1 is 1.57 bits per heavy atom. The van der Waals surface area contributed by atoms with Gasteiger partial charge in [-0.2, -0.15) is 0 Å². The smallest absolute Gasteiger partial charge is 0.266 e. The molecule has 0 radical (unpaired) electrons. The maximum atomic E-state index is 12.6. The molecule has 0 aliphatic heterocycles. The van der Waals surface area contributed by atoms with Crippen LogP contribution in [-0.2, 0) is 11.9 Å². The Hall–Kier alpha value is -0.260. The van der Waals surface area contributed by atoms with Gasteiger partial charge in [-0.25, -0.2) is 8.78 Å². The summed E-state index contributed by atoms with van der Waals surface area (Å²) in [6.07, 6.45) is -1.42. The summed E-state index contributed by atoms with van der Waals surface area (Å²) in [4.78, 5) is 3.64. The first-order valence-electron chi connectivity index (χ1n) is 3.73. The highest BCUT2D eigenvalue weighted by molar-refractivity contribution is 9.08. The Balaban J connectivity index is 3.36. The van der Waals surface area contributed by atoms with E-state index in [1.165, 1.54) is 6.20 Å². The third-order valence-corrected chi connectivity index (χ3v) is 2.65. The van der Waals surface area contributed by atoms with Gasteiger partial charge in [0.15, 0.2) is 0 Å². The maximum absolute atomic E-state index is 12.6. The Morgan fingerprint density at radius 3 is 2.64 bits per heavy atom. The normalized spacial score (nSPS) is 11.0. The van der Waals surface area contributed by atoms with Crippen molar-refractivity contribution in [2.75, 3.05) is 0 Å². The predicted molar refractivity (Wildman–Crippen MR) is 52.8 cm³/mol. The van der Waals surface area contributed by atoms with Crippen LogP contribution in [0.3, 0.4) is 0 Å². The number of rotatable bonds is 3. The fourth-order valence-electron chi connectivity index (χ4n) is 1.10. The van der Waals surface area contributed by atoms with Crippen LogP contribution in [0, 0.1) is 0 Å². The maximum Gasteiger partial charge on any atom is 0.266 e. The van der Waals surface area contributed by atoms with Gasteiger partial charge in [-0.05, 0) is 5.56 Å². The van der Waals surface area contributed by atoms with Crippen LogP contribution in [0.4, 0.5) is 8.78 Å². The van der Waals surface area contributed by atoms with Crippen molar-refractivity contribution in [3.05, 3.63) is 28.0 Å². The number of aliphatic hydroxyl groups excluding tert-OH is 1. The number of pyridine rings is 1. The molecular weight excluding hydrogens is 279 g/mol. The molecule has 1 aromatic rings. The number of aromatic nitrogens is 1. The second kappa shape index (κ2) is 5.00. The van der Waals surface area contributed by atoms with Crippen LogP contribution < -0.4 is 0 Å². The summed E-state index contributed by atoms with van der Waals surface area (Å²) in [7, 11) is 0. The number of halogens is 4. The number of nitrogens with zero attached hydrogens (tertiary/aromatic N) is 1. The average molecular weight is 287 g/mol. The molecule has 6 heteroatoms. The van der Waals surface area contributed by atoms with Crippen molar-refractivity contribution in [3.8, 4) is 0 Å². The second-order valence-electron chi connectivity index (χ2n) is 2.54. The van der Waals surface area contributed by atoms with Crippen molar-refractivity contribution in [1.82, 2.24) is 4.98 Å². The number of aliphatic hydroxyl groups is 1. The van der Waals surface area contributed by atoms with Gasteiger partial charge < -0.3 is 5.11 Å². The van der Waals surface area contributed by atoms with E-state index in [0.29, 0.717) is 0 Å². The van der Waals surface area contributed by atoms with E-state index in [0.717, 1.165) is 0 Å². The molecule has 1 N–H and O–H groups in total. The molecular formula is C8H7BrClF2NO. The van der Waals surface area contributed by atoms with Crippen LogP contribution in [0.5, 0.6) is 0 Å². The van der Waals surface area contributed by atoms with Crippen molar-refractivity contribution in [1.29, 1.82) is 0 Å². The minimum atomic E-state index is -2.68. The number of hydrogen-bond donors (Lipinski definition) is 1. The van der Waals surface area contributed by atoms with Gasteiger partial charge in [-0.15, -0.1) is 0 Å². The standard InChI is InChI=1S/C8H7BrClF2NO/c9-1-4-5(10)2-13-6(3-14)7(4)8(11)12/h2,8,14H,1,3H2. The Kier molecular flexibility index (Phi) is 4.22. The molecule has 1 rings (SSSR count). The lowest BCUT2D eigenvalue weighted by atomic mass is 10.1. The summed E-state index contributed by atoms with van der Waals surface area (Å²) in [6.45, 7) is -0.517. The third-order valence-electron chi connectivity index (χ3n) is 1.76. The molecule has 0 fully saturated rings. The zero-order valence-electron chi connectivity index (χ0n) is 6.98.